The molecule has 0 spiro atoms. The van der Waals surface area contributed by atoms with Gasteiger partial charge in [-0.25, -0.2) is 9.78 Å². The lowest BCUT2D eigenvalue weighted by molar-refractivity contribution is -0.158. The lowest BCUT2D eigenvalue weighted by atomic mass is 9.33. The molecule has 3 aromatic rings. The summed E-state index contributed by atoms with van der Waals surface area (Å²) in [5.74, 6) is -0.190. The van der Waals surface area contributed by atoms with Crippen LogP contribution in [0.15, 0.2) is 42.7 Å². The van der Waals surface area contributed by atoms with Gasteiger partial charge in [-0.3, -0.25) is 4.79 Å². The van der Waals surface area contributed by atoms with Crippen molar-refractivity contribution in [3.63, 3.8) is 0 Å². The molecule has 8 nitrogen and oxygen atoms in total. The molecule has 3 aliphatic heterocycles. The molecule has 1 unspecified atom stereocenters. The Hall–Kier alpha value is -3.20. The Morgan fingerprint density at radius 2 is 1.87 bits per heavy atom. The van der Waals surface area contributed by atoms with Gasteiger partial charge in [0, 0.05) is 48.1 Å². The Morgan fingerprint density at radius 3 is 2.58 bits per heavy atom. The minimum atomic E-state index is -0.901. The highest BCUT2D eigenvalue weighted by atomic mass is 35.5. The first-order valence-electron chi connectivity index (χ1n) is 16.6. The van der Waals surface area contributed by atoms with Crippen LogP contribution in [0.1, 0.15) is 84.4 Å². The molecule has 9 heteroatoms. The van der Waals surface area contributed by atoms with Gasteiger partial charge in [0.05, 0.1) is 18.6 Å². The number of halogens is 1. The Balaban J connectivity index is 0.982. The average Bonchev–Trinajstić information content (AvgIpc) is 3.72. The molecule has 4 heterocycles. The van der Waals surface area contributed by atoms with Gasteiger partial charge < -0.3 is 24.2 Å². The van der Waals surface area contributed by atoms with Crippen molar-refractivity contribution in [2.45, 2.75) is 76.4 Å². The zero-order valence-electron chi connectivity index (χ0n) is 25.9. The zero-order valence-corrected chi connectivity index (χ0v) is 26.7. The van der Waals surface area contributed by atoms with Crippen molar-refractivity contribution in [2.75, 3.05) is 32.8 Å². The molecule has 0 radical (unpaired) electrons. The minimum Gasteiger partial charge on any atom is -0.464 e. The molecule has 1 saturated heterocycles. The van der Waals surface area contributed by atoms with Gasteiger partial charge in [-0.1, -0.05) is 35.9 Å². The van der Waals surface area contributed by atoms with Crippen LogP contribution in [0.4, 0.5) is 0 Å². The van der Waals surface area contributed by atoms with E-state index in [9.17, 15) is 14.7 Å². The molecule has 6 aliphatic rings. The third-order valence-electron chi connectivity index (χ3n) is 11.4. The van der Waals surface area contributed by atoms with Crippen LogP contribution in [0, 0.1) is 11.3 Å². The first kappa shape index (κ1) is 29.2. The smallest absolute Gasteiger partial charge is 0.335 e. The number of aliphatic hydroxyl groups excluding tert-OH is 1. The summed E-state index contributed by atoms with van der Waals surface area (Å²) in [5.41, 5.74) is 7.01. The van der Waals surface area contributed by atoms with Crippen molar-refractivity contribution in [1.29, 1.82) is 0 Å². The van der Waals surface area contributed by atoms with Gasteiger partial charge >= 0.3 is 5.97 Å². The number of nitrogens with zero attached hydrogens (tertiary/aromatic N) is 4. The number of esters is 1. The van der Waals surface area contributed by atoms with Gasteiger partial charge in [0.1, 0.15) is 0 Å². The van der Waals surface area contributed by atoms with Crippen LogP contribution in [0.2, 0.25) is 5.02 Å². The van der Waals surface area contributed by atoms with E-state index < -0.39 is 12.0 Å². The van der Waals surface area contributed by atoms with E-state index in [4.69, 9.17) is 16.3 Å². The van der Waals surface area contributed by atoms with E-state index in [0.29, 0.717) is 39.6 Å². The van der Waals surface area contributed by atoms with Crippen LogP contribution in [0.5, 0.6) is 0 Å². The second-order valence-corrected chi connectivity index (χ2v) is 14.6. The van der Waals surface area contributed by atoms with Gasteiger partial charge in [-0.2, -0.15) is 0 Å². The molecule has 3 saturated carbocycles. The molecular formula is C36H41ClN4O4. The maximum absolute atomic E-state index is 13.9. The van der Waals surface area contributed by atoms with Crippen molar-refractivity contribution in [1.82, 2.24) is 19.4 Å². The first-order chi connectivity index (χ1) is 21.8. The summed E-state index contributed by atoms with van der Waals surface area (Å²) in [6.07, 6.45) is 9.61. The van der Waals surface area contributed by atoms with Crippen molar-refractivity contribution in [3.8, 4) is 11.1 Å². The summed E-state index contributed by atoms with van der Waals surface area (Å²) in [6.45, 7) is 6.88. The summed E-state index contributed by atoms with van der Waals surface area (Å²) in [5, 5.41) is 9.99. The van der Waals surface area contributed by atoms with E-state index in [1.165, 1.54) is 31.4 Å². The van der Waals surface area contributed by atoms with E-state index in [1.54, 1.807) is 18.2 Å². The number of ether oxygens (including phenoxy) is 1. The molecule has 3 aliphatic carbocycles. The highest BCUT2D eigenvalue weighted by Gasteiger charge is 2.68. The summed E-state index contributed by atoms with van der Waals surface area (Å²) in [7, 11) is 0. The van der Waals surface area contributed by atoms with E-state index in [0.717, 1.165) is 67.7 Å². The number of benzene rings is 2. The number of amides is 1. The molecule has 1 atom stereocenters. The molecule has 2 bridgehead atoms. The number of piperidine rings is 1. The van der Waals surface area contributed by atoms with Crippen molar-refractivity contribution < 1.29 is 19.4 Å². The fraction of sp³-hybridized carbons (Fsp3) is 0.528. The number of carbonyl (C=O) groups excluding carboxylic acids is 2. The number of carbonyl (C=O) groups is 2. The van der Waals surface area contributed by atoms with E-state index in [2.05, 4.69) is 38.7 Å². The number of hydrogen-bond acceptors (Lipinski definition) is 6. The lowest BCUT2D eigenvalue weighted by Crippen LogP contribution is -2.68. The third-order valence-corrected chi connectivity index (χ3v) is 11.7. The number of aromatic nitrogens is 2. The molecule has 1 aromatic heterocycles. The molecule has 236 valence electrons. The summed E-state index contributed by atoms with van der Waals surface area (Å²) >= 11 is 6.84. The largest absolute Gasteiger partial charge is 0.464 e. The molecule has 2 aromatic carbocycles. The maximum Gasteiger partial charge on any atom is 0.335 e. The number of fused-ring (bicyclic) bond motifs is 2. The molecule has 4 fully saturated rings. The molecule has 1 N–H and O–H groups in total. The van der Waals surface area contributed by atoms with E-state index in [1.807, 2.05) is 12.1 Å². The first-order valence-corrected chi connectivity index (χ1v) is 17.0. The molecule has 9 rings (SSSR count). The fourth-order valence-electron chi connectivity index (χ4n) is 9.19. The SMILES string of the molecule is CCOC(=O)C(c1ncn2c1CCC2)N1Cc2c(Cl)cc(-c3ccc(C45CC(CN6CCC(CO)CC6)(C4)C5)cc3)cc2C1=O. The second-order valence-electron chi connectivity index (χ2n) is 14.2. The monoisotopic (exact) mass is 628 g/mol. The van der Waals surface area contributed by atoms with Crippen molar-refractivity contribution >= 4 is 23.5 Å². The van der Waals surface area contributed by atoms with Crippen molar-refractivity contribution in [3.05, 3.63) is 75.8 Å². The fourth-order valence-corrected chi connectivity index (χ4v) is 9.47. The number of likely N-dealkylation sites (tertiary alicyclic amines) is 1. The summed E-state index contributed by atoms with van der Waals surface area (Å²) in [6, 6.07) is 11.8. The number of aliphatic hydroxyl groups is 1. The number of hydrogen-bond donors (Lipinski definition) is 1. The molecule has 1 amide bonds. The van der Waals surface area contributed by atoms with E-state index in [-0.39, 0.29) is 19.1 Å². The Kier molecular flexibility index (Phi) is 7.11. The van der Waals surface area contributed by atoms with Crippen molar-refractivity contribution in [2.24, 2.45) is 11.3 Å². The Labute approximate surface area is 269 Å². The third kappa shape index (κ3) is 4.74. The topological polar surface area (TPSA) is 87.9 Å². The standard InChI is InChI=1S/C36H41ClN4O4/c1-2-45-34(44)32(31-30-4-3-11-40(30)22-38-31)41-16-28-27(33(41)43)14-25(15-29(28)37)24-5-7-26(8-6-24)36-18-35(19-36,20-36)21-39-12-9-23(17-42)10-13-39/h5-8,14-15,22-23,32,42H,2-4,9-13,16-21H2,1H3. The van der Waals surface area contributed by atoms with Crippen LogP contribution in [0.25, 0.3) is 11.1 Å². The average molecular weight is 629 g/mol. The number of aryl methyl sites for hydroxylation is 1. The lowest BCUT2D eigenvalue weighted by Gasteiger charge is -2.72. The van der Waals surface area contributed by atoms with E-state index >= 15 is 0 Å². The van der Waals surface area contributed by atoms with Crippen LogP contribution < -0.4 is 0 Å². The van der Waals surface area contributed by atoms with Gasteiger partial charge in [-0.05, 0) is 111 Å². The highest BCUT2D eigenvalue weighted by molar-refractivity contribution is 6.32. The normalized spacial score (nSPS) is 26.3. The van der Waals surface area contributed by atoms with Gasteiger partial charge in [0.2, 0.25) is 0 Å². The maximum atomic E-state index is 13.9. The highest BCUT2D eigenvalue weighted by Crippen LogP contribution is 2.73. The predicted molar refractivity (Wildman–Crippen MR) is 171 cm³/mol. The number of rotatable bonds is 9. The molecular weight excluding hydrogens is 588 g/mol. The number of imidazole rings is 1. The van der Waals surface area contributed by atoms with Crippen LogP contribution in [0.3, 0.4) is 0 Å². The second kappa shape index (κ2) is 11.0. The van der Waals surface area contributed by atoms with Gasteiger partial charge in [0.15, 0.2) is 6.04 Å². The van der Waals surface area contributed by atoms with Gasteiger partial charge in [-0.15, -0.1) is 0 Å². The van der Waals surface area contributed by atoms with Crippen LogP contribution >= 0.6 is 11.6 Å². The quantitative estimate of drug-likeness (QED) is 0.313. The Bertz CT molecular complexity index is 1640. The summed E-state index contributed by atoms with van der Waals surface area (Å²) in [4.78, 5) is 36.0. The summed E-state index contributed by atoms with van der Waals surface area (Å²) < 4.78 is 7.52. The zero-order chi connectivity index (χ0) is 30.9. The Morgan fingerprint density at radius 1 is 1.11 bits per heavy atom. The van der Waals surface area contributed by atoms with Crippen LogP contribution in [-0.2, 0) is 34.5 Å². The molecule has 45 heavy (non-hydrogen) atoms. The minimum absolute atomic E-state index is 0.220. The van der Waals surface area contributed by atoms with Gasteiger partial charge in [0.25, 0.3) is 5.91 Å². The van der Waals surface area contributed by atoms with Crippen LogP contribution in [-0.4, -0.2) is 69.2 Å². The predicted octanol–water partition coefficient (Wildman–Crippen LogP) is 5.54.